The number of aromatic hydroxyl groups is 1. The number of rotatable bonds is 7. The van der Waals surface area contributed by atoms with Gasteiger partial charge in [0.2, 0.25) is 11.7 Å². The maximum atomic E-state index is 14.4. The number of piperazine rings is 1. The zero-order valence-corrected chi connectivity index (χ0v) is 30.2. The molecule has 1 fully saturated rings. The van der Waals surface area contributed by atoms with Gasteiger partial charge < -0.3 is 29.5 Å². The smallest absolute Gasteiger partial charge is 0.416 e. The van der Waals surface area contributed by atoms with Crippen molar-refractivity contribution in [1.82, 2.24) is 34.0 Å². The van der Waals surface area contributed by atoms with Crippen LogP contribution in [0.3, 0.4) is 0 Å². The van der Waals surface area contributed by atoms with Crippen molar-refractivity contribution in [2.24, 2.45) is 0 Å². The van der Waals surface area contributed by atoms with Crippen molar-refractivity contribution in [3.05, 3.63) is 91.9 Å². The lowest BCUT2D eigenvalue weighted by molar-refractivity contribution is -0.137. The highest BCUT2D eigenvalue weighted by molar-refractivity contribution is 6.33. The summed E-state index contributed by atoms with van der Waals surface area (Å²) in [4.78, 5) is 57.3. The molecule has 2 N–H and O–H groups in total. The largest absolute Gasteiger partial charge is 0.504 e. The summed E-state index contributed by atoms with van der Waals surface area (Å²) in [5.74, 6) is -1.07. The molecule has 18 heteroatoms. The summed E-state index contributed by atoms with van der Waals surface area (Å²) in [6.07, 6.45) is -2.52. The summed E-state index contributed by atoms with van der Waals surface area (Å²) in [7, 11) is 0. The Morgan fingerprint density at radius 2 is 1.85 bits per heavy atom. The number of carbonyl (C=O) groups is 2. The van der Waals surface area contributed by atoms with Crippen LogP contribution < -0.4 is 15.8 Å². The molecule has 5 heterocycles. The minimum atomic E-state index is -4.62. The molecule has 0 radical (unpaired) electrons. The Hall–Kier alpha value is -5.55. The molecule has 3 aromatic heterocycles. The molecule has 282 valence electrons. The Labute approximate surface area is 311 Å². The second-order valence-corrected chi connectivity index (χ2v) is 13.4. The molecule has 2 aromatic carbocycles. The Morgan fingerprint density at radius 1 is 1.09 bits per heavy atom. The normalized spacial score (nSPS) is 16.1. The van der Waals surface area contributed by atoms with Gasteiger partial charge in [-0.1, -0.05) is 30.7 Å². The third kappa shape index (κ3) is 6.84. The van der Waals surface area contributed by atoms with Crippen molar-refractivity contribution in [3.63, 3.8) is 0 Å². The highest BCUT2D eigenvalue weighted by atomic mass is 35.5. The van der Waals surface area contributed by atoms with Crippen LogP contribution in [0.25, 0.3) is 17.2 Å². The van der Waals surface area contributed by atoms with Crippen LogP contribution >= 0.6 is 11.6 Å². The number of hydrogen-bond acceptors (Lipinski definition) is 10. The quantitative estimate of drug-likeness (QED) is 0.235. The number of nitrogens with one attached hydrogen (secondary N) is 1. The number of amides is 2. The van der Waals surface area contributed by atoms with E-state index in [2.05, 4.69) is 20.4 Å². The van der Waals surface area contributed by atoms with Gasteiger partial charge in [-0.25, -0.2) is 9.97 Å². The van der Waals surface area contributed by atoms with Crippen LogP contribution in [0.2, 0.25) is 5.02 Å². The predicted molar refractivity (Wildman–Crippen MR) is 192 cm³/mol. The Morgan fingerprint density at radius 3 is 2.56 bits per heavy atom. The van der Waals surface area contributed by atoms with E-state index in [1.54, 1.807) is 11.5 Å². The molecular weight excluding hydrogens is 731 g/mol. The summed E-state index contributed by atoms with van der Waals surface area (Å²) in [5.41, 5.74) is 2.18. The summed E-state index contributed by atoms with van der Waals surface area (Å²) < 4.78 is 48.3. The summed E-state index contributed by atoms with van der Waals surface area (Å²) in [5, 5.41) is 17.3. The first-order valence-corrected chi connectivity index (χ1v) is 17.6. The Balaban J connectivity index is 1.26. The maximum Gasteiger partial charge on any atom is 0.416 e. The summed E-state index contributed by atoms with van der Waals surface area (Å²) in [6.45, 7) is 6.35. The second-order valence-electron chi connectivity index (χ2n) is 13.0. The van der Waals surface area contributed by atoms with Gasteiger partial charge >= 0.3 is 6.18 Å². The lowest BCUT2D eigenvalue weighted by Gasteiger charge is -2.36. The van der Waals surface area contributed by atoms with Gasteiger partial charge in [0, 0.05) is 31.7 Å². The molecule has 0 saturated carbocycles. The number of halogens is 4. The first-order valence-electron chi connectivity index (χ1n) is 17.2. The molecule has 0 spiro atoms. The van der Waals surface area contributed by atoms with E-state index in [0.29, 0.717) is 24.3 Å². The standard InChI is InChI=1S/C36H35ClF3N9O5/c1-4-27-30(46-10-12-47(13-11-46)33(52)29-31(51)19(2)41-18-42-29)34(53)49-35(44-32(45-49)22-5-7-24-20(3)54-14-9-21(24)15-22)48(27)17-28(50)43-26-8-6-23(16-25(26)37)36(38,39)40/h5-8,15-16,18,20,51H,4,9-14,17H2,1-3H3,(H,43,50)/t20-/m1/s1. The number of nitrogens with zero attached hydrogens (tertiary/aromatic N) is 8. The van der Waals surface area contributed by atoms with Crippen molar-refractivity contribution in [1.29, 1.82) is 0 Å². The third-order valence-electron chi connectivity index (χ3n) is 9.70. The molecule has 1 saturated heterocycles. The number of aromatic nitrogens is 6. The second kappa shape index (κ2) is 14.4. The zero-order valence-electron chi connectivity index (χ0n) is 29.4. The number of anilines is 2. The average molecular weight is 766 g/mol. The van der Waals surface area contributed by atoms with Gasteiger partial charge in [-0.15, -0.1) is 5.10 Å². The van der Waals surface area contributed by atoms with Crippen molar-refractivity contribution in [2.45, 2.75) is 52.4 Å². The average Bonchev–Trinajstić information content (AvgIpc) is 3.60. The van der Waals surface area contributed by atoms with Crippen LogP contribution in [-0.2, 0) is 35.1 Å². The molecule has 7 rings (SSSR count). The van der Waals surface area contributed by atoms with E-state index >= 15 is 0 Å². The van der Waals surface area contributed by atoms with Crippen molar-refractivity contribution in [2.75, 3.05) is 43.0 Å². The molecule has 0 unspecified atom stereocenters. The molecular formula is C36H35ClF3N9O5. The highest BCUT2D eigenvalue weighted by Crippen LogP contribution is 2.34. The van der Waals surface area contributed by atoms with Gasteiger partial charge in [-0.2, -0.15) is 22.7 Å². The molecule has 2 amide bonds. The van der Waals surface area contributed by atoms with Gasteiger partial charge in [-0.3, -0.25) is 14.4 Å². The van der Waals surface area contributed by atoms with E-state index in [4.69, 9.17) is 21.3 Å². The van der Waals surface area contributed by atoms with Crippen LogP contribution in [0.4, 0.5) is 24.5 Å². The van der Waals surface area contributed by atoms with Gasteiger partial charge in [0.05, 0.1) is 40.4 Å². The fourth-order valence-electron chi connectivity index (χ4n) is 6.88. The van der Waals surface area contributed by atoms with Gasteiger partial charge in [0.15, 0.2) is 17.3 Å². The number of fused-ring (bicyclic) bond motifs is 2. The fraction of sp³-hybridized carbons (Fsp3) is 0.361. The first kappa shape index (κ1) is 36.8. The lowest BCUT2D eigenvalue weighted by atomic mass is 9.96. The number of alkyl halides is 3. The summed E-state index contributed by atoms with van der Waals surface area (Å²) in [6, 6.07) is 8.39. The lowest BCUT2D eigenvalue weighted by Crippen LogP contribution is -2.51. The Bertz CT molecular complexity index is 2360. The van der Waals surface area contributed by atoms with E-state index in [0.717, 1.165) is 33.8 Å². The van der Waals surface area contributed by atoms with Crippen LogP contribution in [0, 0.1) is 6.92 Å². The van der Waals surface area contributed by atoms with Gasteiger partial charge in [-0.05, 0) is 62.1 Å². The van der Waals surface area contributed by atoms with E-state index in [9.17, 15) is 32.7 Å². The van der Waals surface area contributed by atoms with E-state index in [1.165, 1.54) is 11.2 Å². The predicted octanol–water partition coefficient (Wildman–Crippen LogP) is 4.83. The van der Waals surface area contributed by atoms with Crippen LogP contribution in [0.1, 0.15) is 58.5 Å². The van der Waals surface area contributed by atoms with Crippen LogP contribution in [-0.4, -0.2) is 83.7 Å². The number of aryl methyl sites for hydroxylation is 1. The molecule has 2 aliphatic heterocycles. The third-order valence-corrected chi connectivity index (χ3v) is 10.0. The fourth-order valence-corrected chi connectivity index (χ4v) is 7.11. The number of hydrogen-bond donors (Lipinski definition) is 2. The molecule has 1 atom stereocenters. The first-order chi connectivity index (χ1) is 25.7. The van der Waals surface area contributed by atoms with Crippen molar-refractivity contribution >= 4 is 40.6 Å². The van der Waals surface area contributed by atoms with Gasteiger partial charge in [0.25, 0.3) is 11.5 Å². The minimum absolute atomic E-state index is 0.0230. The van der Waals surface area contributed by atoms with Crippen LogP contribution in [0.5, 0.6) is 5.75 Å². The van der Waals surface area contributed by atoms with E-state index < -0.39 is 29.1 Å². The van der Waals surface area contributed by atoms with Crippen molar-refractivity contribution < 1.29 is 32.6 Å². The molecule has 5 aromatic rings. The van der Waals surface area contributed by atoms with Crippen molar-refractivity contribution in [3.8, 4) is 17.1 Å². The topological polar surface area (TPSA) is 160 Å². The molecule has 2 aliphatic rings. The van der Waals surface area contributed by atoms with Crippen LogP contribution in [0.15, 0.2) is 47.5 Å². The molecule has 14 nitrogen and oxygen atoms in total. The van der Waals surface area contributed by atoms with E-state index in [-0.39, 0.29) is 90.4 Å². The molecule has 0 aliphatic carbocycles. The number of ether oxygens (including phenoxy) is 1. The SMILES string of the molecule is CCc1c(N2CCN(C(=O)c3ncnc(C)c3O)CC2)c(=O)n2nc(-c3ccc4c(c3)CCO[C@@H]4C)nc2n1CC(=O)Nc1ccc(C(F)(F)F)cc1Cl. The molecule has 0 bridgehead atoms. The van der Waals surface area contributed by atoms with E-state index in [1.807, 2.05) is 36.9 Å². The number of carbonyl (C=O) groups excluding carboxylic acids is 2. The number of benzene rings is 2. The molecule has 54 heavy (non-hydrogen) atoms. The minimum Gasteiger partial charge on any atom is -0.504 e. The monoisotopic (exact) mass is 765 g/mol. The maximum absolute atomic E-state index is 14.4. The summed E-state index contributed by atoms with van der Waals surface area (Å²) >= 11 is 6.15. The zero-order chi connectivity index (χ0) is 38.5. The Kier molecular flexibility index (Phi) is 9.78. The van der Waals surface area contributed by atoms with Gasteiger partial charge in [0.1, 0.15) is 18.6 Å². The highest BCUT2D eigenvalue weighted by Gasteiger charge is 2.32.